The lowest BCUT2D eigenvalue weighted by Gasteiger charge is -2.11. The van der Waals surface area contributed by atoms with Gasteiger partial charge in [0, 0.05) is 34.3 Å². The zero-order valence-electron chi connectivity index (χ0n) is 37.0. The van der Waals surface area contributed by atoms with Gasteiger partial charge in [0.15, 0.2) is 11.5 Å². The van der Waals surface area contributed by atoms with Crippen molar-refractivity contribution in [2.75, 3.05) is 11.5 Å². The number of rotatable bonds is 12. The smallest absolute Gasteiger partial charge is 0.296 e. The quantitative estimate of drug-likeness (QED) is 0.0312. The molecular formula is C46H36N10O13S3. The normalized spacial score (nSPS) is 12.7. The third-order valence-corrected chi connectivity index (χ3v) is 13.4. The van der Waals surface area contributed by atoms with Crippen molar-refractivity contribution >= 4 is 109 Å². The molecule has 11 N–H and O–H groups in total. The monoisotopic (exact) mass is 1030 g/mol. The Kier molecular flexibility index (Phi) is 13.0. The van der Waals surface area contributed by atoms with E-state index in [2.05, 4.69) is 40.9 Å². The van der Waals surface area contributed by atoms with Crippen LogP contribution < -0.4 is 11.5 Å². The van der Waals surface area contributed by atoms with E-state index < -0.39 is 79.4 Å². The number of nitrogens with two attached hydrogens (primary N) is 2. The van der Waals surface area contributed by atoms with Gasteiger partial charge >= 0.3 is 0 Å². The molecule has 0 bridgehead atoms. The van der Waals surface area contributed by atoms with E-state index >= 15 is 0 Å². The summed E-state index contributed by atoms with van der Waals surface area (Å²) in [5.74, 6) is -2.15. The van der Waals surface area contributed by atoms with E-state index in [9.17, 15) is 59.3 Å². The molecule has 0 amide bonds. The molecule has 8 rings (SSSR count). The van der Waals surface area contributed by atoms with Gasteiger partial charge < -0.3 is 31.9 Å². The Morgan fingerprint density at radius 1 is 0.389 bits per heavy atom. The van der Waals surface area contributed by atoms with Crippen molar-refractivity contribution in [3.63, 3.8) is 0 Å². The summed E-state index contributed by atoms with van der Waals surface area (Å²) in [6.45, 7) is 3.35. The first-order valence-electron chi connectivity index (χ1n) is 20.5. The SMILES string of the molecule is Cc1cc(-c2ccc(N=Nc3c(S(=O)(=O)O)cc4cc(S(=O)(=O)O)c(N=Nc5ccc(N)cc5O)cc4c3O)c(C)c2)ccc1N=Nc1c(S(=O)(=O)O)cc2ccc(N=Nc3ccc(N)cc3O)cc2c1O. The maximum atomic E-state index is 12.6. The van der Waals surface area contributed by atoms with E-state index in [1.807, 2.05) is 0 Å². The number of hydrogen-bond donors (Lipinski definition) is 9. The van der Waals surface area contributed by atoms with Gasteiger partial charge in [0.25, 0.3) is 30.4 Å². The predicted octanol–water partition coefficient (Wildman–Crippen LogP) is 11.7. The number of phenolic OH excluding ortho intramolecular Hbond substituents is 4. The van der Waals surface area contributed by atoms with Gasteiger partial charge in [-0.25, -0.2) is 0 Å². The first-order valence-corrected chi connectivity index (χ1v) is 24.8. The Balaban J connectivity index is 1.09. The van der Waals surface area contributed by atoms with Crippen LogP contribution in [0.5, 0.6) is 23.0 Å². The third kappa shape index (κ3) is 10.4. The molecule has 72 heavy (non-hydrogen) atoms. The molecule has 0 saturated carbocycles. The molecule has 0 aromatic heterocycles. The van der Waals surface area contributed by atoms with Crippen molar-refractivity contribution in [3.8, 4) is 34.1 Å². The number of anilines is 2. The number of fused-ring (bicyclic) bond motifs is 2. The number of aryl methyl sites for hydroxylation is 2. The van der Waals surface area contributed by atoms with Crippen LogP contribution in [0.1, 0.15) is 11.1 Å². The average Bonchev–Trinajstić information content (AvgIpc) is 3.30. The molecule has 0 fully saturated rings. The van der Waals surface area contributed by atoms with E-state index in [1.54, 1.807) is 44.2 Å². The summed E-state index contributed by atoms with van der Waals surface area (Å²) < 4.78 is 105. The maximum absolute atomic E-state index is 12.6. The number of nitrogen functional groups attached to an aromatic ring is 2. The molecule has 0 spiro atoms. The Morgan fingerprint density at radius 2 is 0.792 bits per heavy atom. The molecular weight excluding hydrogens is 997 g/mol. The van der Waals surface area contributed by atoms with Crippen molar-refractivity contribution in [1.29, 1.82) is 0 Å². The van der Waals surface area contributed by atoms with Gasteiger partial charge in [-0.15, -0.1) is 25.6 Å². The molecule has 366 valence electrons. The van der Waals surface area contributed by atoms with E-state index in [-0.39, 0.29) is 61.4 Å². The fourth-order valence-corrected chi connectivity index (χ4v) is 9.15. The maximum Gasteiger partial charge on any atom is 0.296 e. The van der Waals surface area contributed by atoms with Crippen molar-refractivity contribution in [1.82, 2.24) is 0 Å². The van der Waals surface area contributed by atoms with Crippen LogP contribution in [0.15, 0.2) is 171 Å². The summed E-state index contributed by atoms with van der Waals surface area (Å²) >= 11 is 0. The minimum Gasteiger partial charge on any atom is -0.506 e. The largest absolute Gasteiger partial charge is 0.506 e. The van der Waals surface area contributed by atoms with Crippen molar-refractivity contribution in [2.45, 2.75) is 28.5 Å². The second-order valence-corrected chi connectivity index (χ2v) is 20.0. The Labute approximate surface area is 407 Å². The summed E-state index contributed by atoms with van der Waals surface area (Å²) in [7, 11) is -15.2. The summed E-state index contributed by atoms with van der Waals surface area (Å²) in [5.41, 5.74) is 12.9. The number of benzene rings is 8. The summed E-state index contributed by atoms with van der Waals surface area (Å²) in [6, 6.07) is 25.9. The molecule has 0 aliphatic carbocycles. The molecule has 0 aliphatic heterocycles. The number of nitrogens with zero attached hydrogens (tertiary/aromatic N) is 8. The van der Waals surface area contributed by atoms with Gasteiger partial charge in [0.1, 0.15) is 54.6 Å². The van der Waals surface area contributed by atoms with Gasteiger partial charge in [-0.2, -0.15) is 40.6 Å². The van der Waals surface area contributed by atoms with Gasteiger partial charge in [-0.3, -0.25) is 13.7 Å². The highest BCUT2D eigenvalue weighted by atomic mass is 32.2. The second kappa shape index (κ2) is 18.8. The molecule has 0 saturated heterocycles. The predicted molar refractivity (Wildman–Crippen MR) is 264 cm³/mol. The fraction of sp³-hybridized carbons (Fsp3) is 0.0435. The van der Waals surface area contributed by atoms with Crippen LogP contribution in [0.2, 0.25) is 0 Å². The van der Waals surface area contributed by atoms with Crippen LogP contribution in [0.4, 0.5) is 56.9 Å². The molecule has 0 heterocycles. The number of aromatic hydroxyl groups is 4. The molecule has 0 atom stereocenters. The van der Waals surface area contributed by atoms with Crippen LogP contribution in [0.25, 0.3) is 32.7 Å². The van der Waals surface area contributed by atoms with Gasteiger partial charge in [0.2, 0.25) is 0 Å². The molecule has 0 unspecified atom stereocenters. The van der Waals surface area contributed by atoms with E-state index in [0.717, 1.165) is 30.3 Å². The summed E-state index contributed by atoms with van der Waals surface area (Å²) in [4.78, 5) is -2.54. The van der Waals surface area contributed by atoms with Crippen LogP contribution in [-0.4, -0.2) is 59.3 Å². The average molecular weight is 1030 g/mol. The molecule has 8 aromatic rings. The topological polar surface area (TPSA) is 395 Å². The van der Waals surface area contributed by atoms with Gasteiger partial charge in [-0.05, 0) is 132 Å². The lowest BCUT2D eigenvalue weighted by molar-refractivity contribution is 0.471. The first-order chi connectivity index (χ1) is 33.8. The highest BCUT2D eigenvalue weighted by molar-refractivity contribution is 7.86. The zero-order chi connectivity index (χ0) is 52.0. The van der Waals surface area contributed by atoms with Crippen molar-refractivity contribution in [3.05, 3.63) is 126 Å². The molecule has 26 heteroatoms. The van der Waals surface area contributed by atoms with Gasteiger partial charge in [-0.1, -0.05) is 18.2 Å². The summed E-state index contributed by atoms with van der Waals surface area (Å²) in [6.07, 6.45) is 0. The van der Waals surface area contributed by atoms with Crippen LogP contribution in [-0.2, 0) is 30.4 Å². The number of phenols is 4. The molecule has 0 aliphatic rings. The number of azo groups is 4. The standard InChI is InChI=1S/C46H36N10O13S3/c1-22-13-24(4-9-33(22)50-55-43-41(71(64,65)66)15-26-3-8-30(20-31(26)45(43)59)49-52-35-11-6-28(47)18-38(35)57)25-5-10-34(23(2)14-25)51-56-44-42(72(67,68)69)17-27-16-40(70(61,62)63)37(21-32(27)46(44)60)54-53-36-12-7-29(48)19-39(36)58/h3-21,57-60H,47-48H2,1-2H3,(H,61,62,63)(H,64,65,66)(H,67,68,69). The second-order valence-electron chi connectivity index (χ2n) is 15.8. The zero-order valence-corrected chi connectivity index (χ0v) is 39.5. The highest BCUT2D eigenvalue weighted by Gasteiger charge is 2.26. The van der Waals surface area contributed by atoms with Crippen molar-refractivity contribution in [2.24, 2.45) is 40.9 Å². The van der Waals surface area contributed by atoms with E-state index in [4.69, 9.17) is 11.5 Å². The van der Waals surface area contributed by atoms with Gasteiger partial charge in [0.05, 0.1) is 17.1 Å². The van der Waals surface area contributed by atoms with E-state index in [0.29, 0.717) is 27.9 Å². The van der Waals surface area contributed by atoms with Crippen LogP contribution >= 0.6 is 0 Å². The lowest BCUT2D eigenvalue weighted by atomic mass is 10.0. The van der Waals surface area contributed by atoms with Crippen molar-refractivity contribution < 1.29 is 59.3 Å². The molecule has 0 radical (unpaired) electrons. The van der Waals surface area contributed by atoms with Crippen LogP contribution in [0.3, 0.4) is 0 Å². The van der Waals surface area contributed by atoms with E-state index in [1.165, 1.54) is 54.6 Å². The summed E-state index contributed by atoms with van der Waals surface area (Å²) in [5, 5.41) is 74.9. The Bertz CT molecular complexity index is 4070. The van der Waals surface area contributed by atoms with Crippen LogP contribution in [0, 0.1) is 13.8 Å². The molecule has 8 aromatic carbocycles. The molecule has 23 nitrogen and oxygen atoms in total. The fourth-order valence-electron chi connectivity index (χ4n) is 7.20. The first kappa shape index (κ1) is 49.6. The lowest BCUT2D eigenvalue weighted by Crippen LogP contribution is -2.01. The minimum atomic E-state index is -5.17. The Hall–Kier alpha value is -8.79. The number of hydrogen-bond acceptors (Lipinski definition) is 20. The minimum absolute atomic E-state index is 0.0940. The third-order valence-electron chi connectivity index (χ3n) is 10.8. The Morgan fingerprint density at radius 3 is 1.25 bits per heavy atom. The highest BCUT2D eigenvalue weighted by Crippen LogP contribution is 2.46.